The van der Waals surface area contributed by atoms with Crippen LogP contribution in [0.25, 0.3) is 0 Å². The predicted molar refractivity (Wildman–Crippen MR) is 247 cm³/mol. The minimum absolute atomic E-state index is 0.0626. The van der Waals surface area contributed by atoms with Crippen LogP contribution in [-0.2, 0) is 28.6 Å². The van der Waals surface area contributed by atoms with E-state index in [4.69, 9.17) is 14.2 Å². The first kappa shape index (κ1) is 56.4. The Morgan fingerprint density at radius 2 is 0.569 bits per heavy atom. The Morgan fingerprint density at radius 1 is 0.328 bits per heavy atom. The van der Waals surface area contributed by atoms with E-state index in [0.717, 1.165) is 63.7 Å². The summed E-state index contributed by atoms with van der Waals surface area (Å²) in [7, 11) is 0. The highest BCUT2D eigenvalue weighted by Gasteiger charge is 2.19. The summed E-state index contributed by atoms with van der Waals surface area (Å²) in [5, 5.41) is 0. The molecular formula is C52H100O6. The fourth-order valence-electron chi connectivity index (χ4n) is 7.86. The summed E-state index contributed by atoms with van der Waals surface area (Å²) >= 11 is 0. The van der Waals surface area contributed by atoms with Crippen molar-refractivity contribution in [3.63, 3.8) is 0 Å². The van der Waals surface area contributed by atoms with Crippen molar-refractivity contribution in [3.05, 3.63) is 0 Å². The molecule has 0 aromatic carbocycles. The molecule has 0 aromatic rings. The van der Waals surface area contributed by atoms with E-state index >= 15 is 0 Å². The summed E-state index contributed by atoms with van der Waals surface area (Å²) in [6.07, 6.45) is 48.0. The molecule has 0 heterocycles. The zero-order chi connectivity index (χ0) is 42.4. The lowest BCUT2D eigenvalue weighted by atomic mass is 10.0. The topological polar surface area (TPSA) is 78.9 Å². The molecule has 0 amide bonds. The molecule has 0 aliphatic rings. The number of hydrogen-bond donors (Lipinski definition) is 0. The van der Waals surface area contributed by atoms with Crippen LogP contribution in [0.5, 0.6) is 0 Å². The molecular weight excluding hydrogens is 721 g/mol. The van der Waals surface area contributed by atoms with Crippen LogP contribution in [0.2, 0.25) is 0 Å². The van der Waals surface area contributed by atoms with E-state index in [1.165, 1.54) is 186 Å². The highest BCUT2D eigenvalue weighted by atomic mass is 16.6. The Hall–Kier alpha value is -1.59. The Morgan fingerprint density at radius 3 is 0.845 bits per heavy atom. The second-order valence-electron chi connectivity index (χ2n) is 18.3. The maximum atomic E-state index is 12.8. The van der Waals surface area contributed by atoms with Crippen LogP contribution >= 0.6 is 0 Å². The molecule has 6 nitrogen and oxygen atoms in total. The molecule has 0 radical (unpaired) electrons. The summed E-state index contributed by atoms with van der Waals surface area (Å²) < 4.78 is 16.8. The average Bonchev–Trinajstić information content (AvgIpc) is 3.21. The first-order valence-electron chi connectivity index (χ1n) is 25.9. The molecule has 58 heavy (non-hydrogen) atoms. The second kappa shape index (κ2) is 46.5. The van der Waals surface area contributed by atoms with E-state index < -0.39 is 6.10 Å². The van der Waals surface area contributed by atoms with Crippen LogP contribution < -0.4 is 0 Å². The molecule has 0 aliphatic heterocycles. The van der Waals surface area contributed by atoms with Crippen molar-refractivity contribution in [3.8, 4) is 0 Å². The summed E-state index contributed by atoms with van der Waals surface area (Å²) in [6.45, 7) is 9.03. The zero-order valence-corrected chi connectivity index (χ0v) is 39.5. The van der Waals surface area contributed by atoms with Gasteiger partial charge in [-0.1, -0.05) is 252 Å². The Labute approximate surface area is 361 Å². The van der Waals surface area contributed by atoms with Gasteiger partial charge in [-0.15, -0.1) is 0 Å². The van der Waals surface area contributed by atoms with E-state index in [2.05, 4.69) is 27.7 Å². The molecule has 0 saturated carbocycles. The van der Waals surface area contributed by atoms with Gasteiger partial charge in [0.15, 0.2) is 6.10 Å². The summed E-state index contributed by atoms with van der Waals surface area (Å²) in [4.78, 5) is 37.9. The third-order valence-corrected chi connectivity index (χ3v) is 11.8. The first-order valence-corrected chi connectivity index (χ1v) is 25.9. The molecule has 6 heteroatoms. The van der Waals surface area contributed by atoms with Gasteiger partial charge in [0, 0.05) is 19.3 Å². The van der Waals surface area contributed by atoms with Crippen LogP contribution in [-0.4, -0.2) is 37.2 Å². The van der Waals surface area contributed by atoms with Crippen molar-refractivity contribution < 1.29 is 28.6 Å². The molecule has 0 aromatic heterocycles. The number of hydrogen-bond acceptors (Lipinski definition) is 6. The molecule has 0 aliphatic carbocycles. The highest BCUT2D eigenvalue weighted by molar-refractivity contribution is 5.71. The number of carbonyl (C=O) groups excluding carboxylic acids is 3. The average molecular weight is 821 g/mol. The molecule has 0 bridgehead atoms. The van der Waals surface area contributed by atoms with Gasteiger partial charge >= 0.3 is 17.9 Å². The fourth-order valence-corrected chi connectivity index (χ4v) is 7.86. The standard InChI is InChI=1S/C52H100O6/c1-5-7-9-11-13-15-17-24-29-33-37-41-45-52(55)58-49(46-56-50(53)43-39-35-31-27-22-16-14-12-10-8-6-2)47-57-51(54)44-40-36-32-28-25-21-19-18-20-23-26-30-34-38-42-48(3)4/h48-49H,5-47H2,1-4H3/t49-/m0/s1. The van der Waals surface area contributed by atoms with E-state index in [1.807, 2.05) is 0 Å². The number of unbranched alkanes of at least 4 members (excludes halogenated alkanes) is 34. The summed E-state index contributed by atoms with van der Waals surface area (Å²) in [6, 6.07) is 0. The zero-order valence-electron chi connectivity index (χ0n) is 39.5. The molecule has 0 fully saturated rings. The lowest BCUT2D eigenvalue weighted by molar-refractivity contribution is -0.167. The molecule has 1 atom stereocenters. The Balaban J connectivity index is 4.27. The molecule has 0 spiro atoms. The Bertz CT molecular complexity index is 872. The van der Waals surface area contributed by atoms with Gasteiger partial charge in [-0.3, -0.25) is 14.4 Å². The van der Waals surface area contributed by atoms with Gasteiger partial charge in [0.25, 0.3) is 0 Å². The van der Waals surface area contributed by atoms with Gasteiger partial charge in [0.1, 0.15) is 13.2 Å². The number of carbonyl (C=O) groups is 3. The van der Waals surface area contributed by atoms with Gasteiger partial charge < -0.3 is 14.2 Å². The van der Waals surface area contributed by atoms with E-state index in [-0.39, 0.29) is 31.1 Å². The van der Waals surface area contributed by atoms with Gasteiger partial charge in [-0.05, 0) is 25.2 Å². The van der Waals surface area contributed by atoms with Gasteiger partial charge in [-0.2, -0.15) is 0 Å². The predicted octanol–water partition coefficient (Wildman–Crippen LogP) is 16.7. The van der Waals surface area contributed by atoms with Crippen LogP contribution in [0.15, 0.2) is 0 Å². The largest absolute Gasteiger partial charge is 0.462 e. The second-order valence-corrected chi connectivity index (χ2v) is 18.3. The van der Waals surface area contributed by atoms with E-state index in [9.17, 15) is 14.4 Å². The number of esters is 3. The highest BCUT2D eigenvalue weighted by Crippen LogP contribution is 2.17. The van der Waals surface area contributed by atoms with Crippen molar-refractivity contribution >= 4 is 17.9 Å². The van der Waals surface area contributed by atoms with Crippen molar-refractivity contribution in [1.29, 1.82) is 0 Å². The number of ether oxygens (including phenoxy) is 3. The monoisotopic (exact) mass is 821 g/mol. The van der Waals surface area contributed by atoms with Crippen molar-refractivity contribution in [2.45, 2.75) is 297 Å². The molecule has 0 N–H and O–H groups in total. The first-order chi connectivity index (χ1) is 28.4. The van der Waals surface area contributed by atoms with Crippen molar-refractivity contribution in [1.82, 2.24) is 0 Å². The van der Waals surface area contributed by atoms with Gasteiger partial charge in [0.05, 0.1) is 0 Å². The van der Waals surface area contributed by atoms with Crippen LogP contribution in [0.1, 0.15) is 291 Å². The lowest BCUT2D eigenvalue weighted by Crippen LogP contribution is -2.30. The lowest BCUT2D eigenvalue weighted by Gasteiger charge is -2.18. The third kappa shape index (κ3) is 45.5. The van der Waals surface area contributed by atoms with Crippen molar-refractivity contribution in [2.24, 2.45) is 5.92 Å². The van der Waals surface area contributed by atoms with Crippen LogP contribution in [0, 0.1) is 5.92 Å². The smallest absolute Gasteiger partial charge is 0.306 e. The molecule has 344 valence electrons. The molecule has 0 saturated heterocycles. The van der Waals surface area contributed by atoms with Gasteiger partial charge in [0.2, 0.25) is 0 Å². The maximum Gasteiger partial charge on any atom is 0.306 e. The van der Waals surface area contributed by atoms with E-state index in [1.54, 1.807) is 0 Å². The fraction of sp³-hybridized carbons (Fsp3) is 0.942. The van der Waals surface area contributed by atoms with E-state index in [0.29, 0.717) is 19.3 Å². The summed E-state index contributed by atoms with van der Waals surface area (Å²) in [5.74, 6) is 0.0000843. The summed E-state index contributed by atoms with van der Waals surface area (Å²) in [5.41, 5.74) is 0. The third-order valence-electron chi connectivity index (χ3n) is 11.8. The minimum atomic E-state index is -0.759. The van der Waals surface area contributed by atoms with Gasteiger partial charge in [-0.25, -0.2) is 0 Å². The normalized spacial score (nSPS) is 11.9. The SMILES string of the molecule is CCCCCCCCCCCCCCC(=O)O[C@@H](COC(=O)CCCCCCCCCCCCC)COC(=O)CCCCCCCCCCCCCCCCC(C)C. The molecule has 0 unspecified atom stereocenters. The van der Waals surface area contributed by atoms with Crippen LogP contribution in [0.4, 0.5) is 0 Å². The Kier molecular flexibility index (Phi) is 45.2. The quantitative estimate of drug-likeness (QED) is 0.0346. The minimum Gasteiger partial charge on any atom is -0.462 e. The maximum absolute atomic E-state index is 12.8. The number of rotatable bonds is 47. The molecule has 0 rings (SSSR count). The van der Waals surface area contributed by atoms with Crippen LogP contribution in [0.3, 0.4) is 0 Å². The van der Waals surface area contributed by atoms with Crippen molar-refractivity contribution in [2.75, 3.05) is 13.2 Å².